The number of ether oxygens (including phenoxy) is 2. The third-order valence-electron chi connectivity index (χ3n) is 8.91. The first kappa shape index (κ1) is 53.7. The topological polar surface area (TPSA) is 112 Å². The monoisotopic (exact) mass is 809 g/mol. The van der Waals surface area contributed by atoms with Crippen molar-refractivity contribution in [2.45, 2.75) is 167 Å². The van der Waals surface area contributed by atoms with Gasteiger partial charge in [0.1, 0.15) is 19.8 Å². The molecule has 3 atom stereocenters. The maximum Gasteiger partial charge on any atom is 0.472 e. The van der Waals surface area contributed by atoms with Gasteiger partial charge in [-0.3, -0.25) is 13.8 Å². The quantitative estimate of drug-likeness (QED) is 0.0120. The molecule has 0 spiro atoms. The van der Waals surface area contributed by atoms with Crippen LogP contribution in [0.5, 0.6) is 0 Å². The number of nitrogens with zero attached hydrogens (tertiary/aromatic N) is 1. The lowest BCUT2D eigenvalue weighted by atomic mass is 10.1. The Morgan fingerprint density at radius 2 is 1.21 bits per heavy atom. The van der Waals surface area contributed by atoms with E-state index in [4.69, 9.17) is 18.5 Å². The number of carbonyl (C=O) groups is 1. The molecule has 1 unspecified atom stereocenters. The Hall–Kier alpha value is -2.26. The molecule has 10 heteroatoms. The van der Waals surface area contributed by atoms with Crippen LogP contribution in [0.25, 0.3) is 0 Å². The smallest absolute Gasteiger partial charge is 0.472 e. The van der Waals surface area contributed by atoms with E-state index < -0.39 is 20.0 Å². The van der Waals surface area contributed by atoms with E-state index in [1.54, 1.807) is 6.26 Å². The van der Waals surface area contributed by atoms with Crippen molar-refractivity contribution in [3.63, 3.8) is 0 Å². The maximum atomic E-state index is 12.5. The standard InChI is InChI=1S/C46H82NO8P/c1-6-8-10-12-14-15-16-17-18-19-20-21-22-27-31-35-40-52-45(43-55-56(50,51)54-41-39-47(3,4)5)42-53-46(49)38-34-30-26-23-25-29-33-37-44(48)36-32-28-24-13-11-9-7-2/h17-18,23-24,26,28-29,32-33,35-36,40,44-45,48H,6-16,19-22,25,27,30-31,34,37-39,41-43H2,1-5H3/p+1/b18-17-,26-23+,28-24-,33-29-,36-32-,40-35+/t44-,45-/m1/s1. The van der Waals surface area contributed by atoms with Crippen LogP contribution in [0.2, 0.25) is 0 Å². The van der Waals surface area contributed by atoms with E-state index >= 15 is 0 Å². The second-order valence-electron chi connectivity index (χ2n) is 15.6. The number of quaternary nitrogens is 1. The molecule has 0 saturated heterocycles. The van der Waals surface area contributed by atoms with E-state index in [2.05, 4.69) is 32.1 Å². The predicted octanol–water partition coefficient (Wildman–Crippen LogP) is 12.0. The number of likely N-dealkylation sites (N-methyl/N-ethyl adjacent to an activating group) is 1. The molecular weight excluding hydrogens is 725 g/mol. The molecule has 0 aliphatic carbocycles. The van der Waals surface area contributed by atoms with Gasteiger partial charge in [0.05, 0.1) is 40.1 Å². The van der Waals surface area contributed by atoms with E-state index in [9.17, 15) is 19.4 Å². The molecule has 0 aromatic carbocycles. The Morgan fingerprint density at radius 1 is 0.661 bits per heavy atom. The molecule has 0 saturated carbocycles. The van der Waals surface area contributed by atoms with Gasteiger partial charge in [-0.2, -0.15) is 0 Å². The lowest BCUT2D eigenvalue weighted by Gasteiger charge is -2.24. The van der Waals surface area contributed by atoms with Gasteiger partial charge in [-0.15, -0.1) is 0 Å². The van der Waals surface area contributed by atoms with Gasteiger partial charge >= 0.3 is 13.8 Å². The van der Waals surface area contributed by atoms with Crippen molar-refractivity contribution in [3.05, 3.63) is 73.1 Å². The van der Waals surface area contributed by atoms with Crippen molar-refractivity contribution in [1.29, 1.82) is 0 Å². The Morgan fingerprint density at radius 3 is 1.89 bits per heavy atom. The summed E-state index contributed by atoms with van der Waals surface area (Å²) < 4.78 is 34.6. The summed E-state index contributed by atoms with van der Waals surface area (Å²) in [5, 5.41) is 10.1. The number of hydrogen-bond acceptors (Lipinski definition) is 7. The number of phosphoric acid groups is 1. The summed E-state index contributed by atoms with van der Waals surface area (Å²) in [4.78, 5) is 22.6. The molecule has 2 N–H and O–H groups in total. The second-order valence-corrected chi connectivity index (χ2v) is 17.1. The van der Waals surface area contributed by atoms with Crippen molar-refractivity contribution < 1.29 is 42.4 Å². The lowest BCUT2D eigenvalue weighted by molar-refractivity contribution is -0.870. The molecule has 56 heavy (non-hydrogen) atoms. The highest BCUT2D eigenvalue weighted by Crippen LogP contribution is 2.43. The second kappa shape index (κ2) is 38.3. The van der Waals surface area contributed by atoms with Crippen LogP contribution in [-0.4, -0.2) is 80.2 Å². The van der Waals surface area contributed by atoms with Crippen LogP contribution in [0.4, 0.5) is 0 Å². The zero-order valence-corrected chi connectivity index (χ0v) is 37.1. The SMILES string of the molecule is CCCCC/C=C\C=C/[C@@H](O)C/C=C\C/C=C/CCCC(=O)OC[C@H](COP(=O)(O)OCC[N+](C)(C)C)O/C=C/CCCCCC/C=C\CCCCCCCC. The minimum atomic E-state index is -4.30. The molecule has 0 fully saturated rings. The van der Waals surface area contributed by atoms with Gasteiger partial charge in [0, 0.05) is 6.42 Å². The fourth-order valence-electron chi connectivity index (χ4n) is 5.37. The van der Waals surface area contributed by atoms with Crippen LogP contribution < -0.4 is 0 Å². The molecule has 0 rings (SSSR count). The summed E-state index contributed by atoms with van der Waals surface area (Å²) >= 11 is 0. The minimum Gasteiger partial charge on any atom is -0.492 e. The first-order chi connectivity index (χ1) is 27.0. The number of unbranched alkanes of at least 4 members (excludes halogenated alkanes) is 15. The fraction of sp³-hybridized carbons (Fsp3) is 0.717. The highest BCUT2D eigenvalue weighted by Gasteiger charge is 2.25. The Labute approximate surface area is 343 Å². The van der Waals surface area contributed by atoms with Crippen molar-refractivity contribution in [2.75, 3.05) is 47.5 Å². The molecule has 0 aromatic heterocycles. The summed E-state index contributed by atoms with van der Waals surface area (Å²) in [6.45, 7) is 4.69. The van der Waals surface area contributed by atoms with Gasteiger partial charge in [-0.1, -0.05) is 132 Å². The maximum absolute atomic E-state index is 12.5. The first-order valence-electron chi connectivity index (χ1n) is 21.8. The number of carbonyl (C=O) groups excluding carboxylic acids is 1. The third kappa shape index (κ3) is 41.4. The van der Waals surface area contributed by atoms with Crippen LogP contribution in [0, 0.1) is 0 Å². The van der Waals surface area contributed by atoms with E-state index in [1.807, 2.05) is 69.8 Å². The highest BCUT2D eigenvalue weighted by atomic mass is 31.2. The van der Waals surface area contributed by atoms with E-state index in [1.165, 1.54) is 77.0 Å². The van der Waals surface area contributed by atoms with Gasteiger partial charge < -0.3 is 24.0 Å². The lowest BCUT2D eigenvalue weighted by Crippen LogP contribution is -2.37. The molecule has 0 aromatic rings. The van der Waals surface area contributed by atoms with E-state index in [-0.39, 0.29) is 32.2 Å². The first-order valence-corrected chi connectivity index (χ1v) is 23.3. The molecular formula is C46H83NO8P+. The van der Waals surface area contributed by atoms with Crippen LogP contribution in [-0.2, 0) is 27.9 Å². The number of allylic oxidation sites excluding steroid dienone is 9. The number of esters is 1. The summed E-state index contributed by atoms with van der Waals surface area (Å²) in [6.07, 6.45) is 46.4. The van der Waals surface area contributed by atoms with Gasteiger partial charge in [-0.05, 0) is 83.1 Å². The van der Waals surface area contributed by atoms with E-state index in [0.29, 0.717) is 23.9 Å². The number of hydrogen-bond donors (Lipinski definition) is 2. The average Bonchev–Trinajstić information content (AvgIpc) is 3.15. The molecule has 0 bridgehead atoms. The number of aliphatic hydroxyl groups excluding tert-OH is 1. The molecule has 0 heterocycles. The summed E-state index contributed by atoms with van der Waals surface area (Å²) in [7, 11) is 1.59. The van der Waals surface area contributed by atoms with Crippen LogP contribution in [0.1, 0.15) is 155 Å². The van der Waals surface area contributed by atoms with Crippen molar-refractivity contribution >= 4 is 13.8 Å². The molecule has 0 amide bonds. The molecule has 0 aliphatic heterocycles. The highest BCUT2D eigenvalue weighted by molar-refractivity contribution is 7.47. The van der Waals surface area contributed by atoms with Gasteiger partial charge in [0.25, 0.3) is 0 Å². The zero-order valence-electron chi connectivity index (χ0n) is 36.2. The Bertz CT molecular complexity index is 1140. The predicted molar refractivity (Wildman–Crippen MR) is 234 cm³/mol. The Kier molecular flexibility index (Phi) is 36.7. The molecule has 0 radical (unpaired) electrons. The van der Waals surface area contributed by atoms with Crippen LogP contribution in [0.15, 0.2) is 73.1 Å². The van der Waals surface area contributed by atoms with Gasteiger partial charge in [0.15, 0.2) is 6.10 Å². The van der Waals surface area contributed by atoms with Crippen LogP contribution in [0.3, 0.4) is 0 Å². The normalized spacial score (nSPS) is 15.0. The average molecular weight is 809 g/mol. The summed E-state index contributed by atoms with van der Waals surface area (Å²) in [5.74, 6) is -0.364. The fourth-order valence-corrected chi connectivity index (χ4v) is 6.11. The van der Waals surface area contributed by atoms with Gasteiger partial charge in [0.2, 0.25) is 0 Å². The molecule has 324 valence electrons. The largest absolute Gasteiger partial charge is 0.492 e. The summed E-state index contributed by atoms with van der Waals surface area (Å²) in [5.41, 5.74) is 0. The third-order valence-corrected chi connectivity index (χ3v) is 9.89. The van der Waals surface area contributed by atoms with Crippen LogP contribution >= 0.6 is 7.82 Å². The minimum absolute atomic E-state index is 0.0655. The number of aliphatic hydroxyl groups is 1. The van der Waals surface area contributed by atoms with Gasteiger partial charge in [-0.25, -0.2) is 4.57 Å². The summed E-state index contributed by atoms with van der Waals surface area (Å²) in [6, 6.07) is 0. The molecule has 9 nitrogen and oxygen atoms in total. The Balaban J connectivity index is 4.48. The zero-order chi connectivity index (χ0) is 41.4. The number of phosphoric ester groups is 1. The van der Waals surface area contributed by atoms with Crippen molar-refractivity contribution in [1.82, 2.24) is 0 Å². The van der Waals surface area contributed by atoms with Crippen molar-refractivity contribution in [2.24, 2.45) is 0 Å². The van der Waals surface area contributed by atoms with E-state index in [0.717, 1.165) is 44.9 Å². The molecule has 0 aliphatic rings. The van der Waals surface area contributed by atoms with Crippen molar-refractivity contribution in [3.8, 4) is 0 Å². The number of rotatable bonds is 39.